The van der Waals surface area contributed by atoms with E-state index in [-0.39, 0.29) is 12.0 Å². The van der Waals surface area contributed by atoms with E-state index in [1.165, 1.54) is 0 Å². The molecule has 0 aliphatic carbocycles. The van der Waals surface area contributed by atoms with Crippen molar-refractivity contribution < 1.29 is 5.11 Å². The SMILES string of the molecule is Cc1nnc2c(N3CCC(O)C(C)C3)nccn12. The minimum atomic E-state index is -0.208. The van der Waals surface area contributed by atoms with Crippen LogP contribution in [0.3, 0.4) is 0 Å². The first-order chi connectivity index (χ1) is 8.66. The Morgan fingerprint density at radius 2 is 2.22 bits per heavy atom. The Hall–Kier alpha value is -1.69. The van der Waals surface area contributed by atoms with Crippen LogP contribution < -0.4 is 4.90 Å². The fraction of sp³-hybridized carbons (Fsp3) is 0.583. The van der Waals surface area contributed by atoms with Crippen LogP contribution in [-0.4, -0.2) is 43.9 Å². The fourth-order valence-electron chi connectivity index (χ4n) is 2.48. The maximum absolute atomic E-state index is 9.78. The summed E-state index contributed by atoms with van der Waals surface area (Å²) in [7, 11) is 0. The third-order valence-electron chi connectivity index (χ3n) is 3.64. The Morgan fingerprint density at radius 1 is 1.39 bits per heavy atom. The summed E-state index contributed by atoms with van der Waals surface area (Å²) >= 11 is 0. The first-order valence-corrected chi connectivity index (χ1v) is 6.26. The second-order valence-electron chi connectivity index (χ2n) is 4.97. The van der Waals surface area contributed by atoms with Crippen LogP contribution in [0.25, 0.3) is 5.65 Å². The molecule has 2 aromatic heterocycles. The van der Waals surface area contributed by atoms with Gasteiger partial charge in [0.2, 0.25) is 5.65 Å². The van der Waals surface area contributed by atoms with E-state index >= 15 is 0 Å². The average Bonchev–Trinajstić information content (AvgIpc) is 2.75. The maximum atomic E-state index is 9.78. The predicted octanol–water partition coefficient (Wildman–Crippen LogP) is 0.640. The van der Waals surface area contributed by atoms with Crippen molar-refractivity contribution in [1.29, 1.82) is 0 Å². The number of piperidine rings is 1. The van der Waals surface area contributed by atoms with Gasteiger partial charge in [0.25, 0.3) is 0 Å². The van der Waals surface area contributed by atoms with E-state index in [4.69, 9.17) is 0 Å². The standard InChI is InChI=1S/C12H17N5O/c1-8-7-16(5-3-10(8)18)11-12-15-14-9(2)17(12)6-4-13-11/h4,6,8,10,18H,3,5,7H2,1-2H3. The highest BCUT2D eigenvalue weighted by molar-refractivity contribution is 5.63. The van der Waals surface area contributed by atoms with Crippen LogP contribution in [0, 0.1) is 12.8 Å². The highest BCUT2D eigenvalue weighted by Crippen LogP contribution is 2.24. The van der Waals surface area contributed by atoms with E-state index < -0.39 is 0 Å². The van der Waals surface area contributed by atoms with Gasteiger partial charge in [-0.25, -0.2) is 4.98 Å². The molecule has 1 fully saturated rings. The first-order valence-electron chi connectivity index (χ1n) is 6.26. The Labute approximate surface area is 105 Å². The number of hydrogen-bond acceptors (Lipinski definition) is 5. The number of aliphatic hydroxyl groups excluding tert-OH is 1. The first kappa shape index (κ1) is 11.4. The van der Waals surface area contributed by atoms with Gasteiger partial charge in [-0.3, -0.25) is 4.40 Å². The van der Waals surface area contributed by atoms with Gasteiger partial charge < -0.3 is 10.0 Å². The molecule has 1 aliphatic heterocycles. The molecule has 0 saturated carbocycles. The lowest BCUT2D eigenvalue weighted by molar-refractivity contribution is 0.0969. The summed E-state index contributed by atoms with van der Waals surface area (Å²) < 4.78 is 1.94. The van der Waals surface area contributed by atoms with E-state index in [1.807, 2.05) is 17.5 Å². The van der Waals surface area contributed by atoms with Crippen LogP contribution in [0.15, 0.2) is 12.4 Å². The zero-order valence-electron chi connectivity index (χ0n) is 10.6. The van der Waals surface area contributed by atoms with E-state index in [0.29, 0.717) is 0 Å². The van der Waals surface area contributed by atoms with E-state index in [2.05, 4.69) is 27.0 Å². The fourth-order valence-corrected chi connectivity index (χ4v) is 2.48. The highest BCUT2D eigenvalue weighted by atomic mass is 16.3. The molecule has 2 unspecified atom stereocenters. The number of rotatable bonds is 1. The van der Waals surface area contributed by atoms with E-state index in [1.54, 1.807) is 6.20 Å². The quantitative estimate of drug-likeness (QED) is 0.801. The Bertz CT molecular complexity index is 567. The number of aliphatic hydroxyl groups is 1. The third-order valence-corrected chi connectivity index (χ3v) is 3.64. The Balaban J connectivity index is 1.99. The van der Waals surface area contributed by atoms with Gasteiger partial charge in [-0.05, 0) is 19.3 Å². The van der Waals surface area contributed by atoms with Crippen molar-refractivity contribution in [3.63, 3.8) is 0 Å². The zero-order chi connectivity index (χ0) is 12.7. The molecule has 0 radical (unpaired) electrons. The third kappa shape index (κ3) is 1.73. The lowest BCUT2D eigenvalue weighted by atomic mass is 9.97. The molecule has 96 valence electrons. The van der Waals surface area contributed by atoms with Gasteiger partial charge in [-0.2, -0.15) is 0 Å². The molecule has 0 bridgehead atoms. The molecular formula is C12H17N5O. The van der Waals surface area contributed by atoms with Crippen molar-refractivity contribution in [2.24, 2.45) is 5.92 Å². The van der Waals surface area contributed by atoms with Crippen molar-refractivity contribution in [2.45, 2.75) is 26.4 Å². The molecule has 1 N–H and O–H groups in total. The van der Waals surface area contributed by atoms with Gasteiger partial charge in [0, 0.05) is 25.5 Å². The summed E-state index contributed by atoms with van der Waals surface area (Å²) in [6.45, 7) is 5.60. The molecule has 2 aromatic rings. The molecule has 6 heteroatoms. The van der Waals surface area contributed by atoms with Gasteiger partial charge in [-0.1, -0.05) is 6.92 Å². The largest absolute Gasteiger partial charge is 0.393 e. The zero-order valence-corrected chi connectivity index (χ0v) is 10.6. The summed E-state index contributed by atoms with van der Waals surface area (Å²) in [6, 6.07) is 0. The summed E-state index contributed by atoms with van der Waals surface area (Å²) in [5, 5.41) is 18.0. The molecule has 6 nitrogen and oxygen atoms in total. The monoisotopic (exact) mass is 247 g/mol. The Morgan fingerprint density at radius 3 is 3.00 bits per heavy atom. The molecule has 2 atom stereocenters. The van der Waals surface area contributed by atoms with Crippen molar-refractivity contribution in [3.8, 4) is 0 Å². The number of aryl methyl sites for hydroxylation is 1. The molecule has 1 saturated heterocycles. The molecule has 0 spiro atoms. The average molecular weight is 247 g/mol. The summed E-state index contributed by atoms with van der Waals surface area (Å²) in [5.41, 5.74) is 0.790. The van der Waals surface area contributed by atoms with Crippen LogP contribution in [0.1, 0.15) is 19.2 Å². The predicted molar refractivity (Wildman–Crippen MR) is 67.5 cm³/mol. The molecule has 0 aromatic carbocycles. The normalized spacial score (nSPS) is 24.7. The molecule has 1 aliphatic rings. The van der Waals surface area contributed by atoms with Gasteiger partial charge in [0.1, 0.15) is 5.82 Å². The van der Waals surface area contributed by atoms with Gasteiger partial charge in [0.15, 0.2) is 5.82 Å². The summed E-state index contributed by atoms with van der Waals surface area (Å²) in [5.74, 6) is 1.97. The minimum Gasteiger partial charge on any atom is -0.393 e. The lowest BCUT2D eigenvalue weighted by Crippen LogP contribution is -2.42. The van der Waals surface area contributed by atoms with Crippen LogP contribution in [0.2, 0.25) is 0 Å². The number of nitrogens with zero attached hydrogens (tertiary/aromatic N) is 5. The molecule has 3 heterocycles. The number of hydrogen-bond donors (Lipinski definition) is 1. The van der Waals surface area contributed by atoms with Gasteiger partial charge in [0.05, 0.1) is 6.10 Å². The van der Waals surface area contributed by atoms with Crippen LogP contribution in [-0.2, 0) is 0 Å². The number of anilines is 1. The smallest absolute Gasteiger partial charge is 0.203 e. The summed E-state index contributed by atoms with van der Waals surface area (Å²) in [6.07, 6.45) is 4.21. The van der Waals surface area contributed by atoms with Crippen molar-refractivity contribution in [2.75, 3.05) is 18.0 Å². The van der Waals surface area contributed by atoms with E-state index in [0.717, 1.165) is 36.8 Å². The van der Waals surface area contributed by atoms with Crippen LogP contribution in [0.4, 0.5) is 5.82 Å². The lowest BCUT2D eigenvalue weighted by Gasteiger charge is -2.34. The van der Waals surface area contributed by atoms with Crippen molar-refractivity contribution >= 4 is 11.5 Å². The number of fused-ring (bicyclic) bond motifs is 1. The number of aromatic nitrogens is 4. The van der Waals surface area contributed by atoms with E-state index in [9.17, 15) is 5.11 Å². The second kappa shape index (κ2) is 4.20. The van der Waals surface area contributed by atoms with Gasteiger partial charge in [-0.15, -0.1) is 10.2 Å². The van der Waals surface area contributed by atoms with Crippen molar-refractivity contribution in [1.82, 2.24) is 19.6 Å². The van der Waals surface area contributed by atoms with Crippen LogP contribution >= 0.6 is 0 Å². The molecule has 3 rings (SSSR count). The van der Waals surface area contributed by atoms with Gasteiger partial charge >= 0.3 is 0 Å². The minimum absolute atomic E-state index is 0.208. The molecular weight excluding hydrogens is 230 g/mol. The summed E-state index contributed by atoms with van der Waals surface area (Å²) in [4.78, 5) is 6.61. The molecule has 0 amide bonds. The highest BCUT2D eigenvalue weighted by Gasteiger charge is 2.26. The van der Waals surface area contributed by atoms with Crippen LogP contribution in [0.5, 0.6) is 0 Å². The van der Waals surface area contributed by atoms with Crippen molar-refractivity contribution in [3.05, 3.63) is 18.2 Å². The molecule has 18 heavy (non-hydrogen) atoms. The maximum Gasteiger partial charge on any atom is 0.203 e. The topological polar surface area (TPSA) is 66.5 Å². The Kier molecular flexibility index (Phi) is 2.66. The second-order valence-corrected chi connectivity index (χ2v) is 4.97.